The smallest absolute Gasteiger partial charge is 0.0683 e. The quantitative estimate of drug-likeness (QED) is 0.690. The molecule has 0 amide bonds. The highest BCUT2D eigenvalue weighted by molar-refractivity contribution is 7.85. The molecule has 1 aliphatic rings. The van der Waals surface area contributed by atoms with Crippen molar-refractivity contribution in [2.24, 2.45) is 5.41 Å². The monoisotopic (exact) mass is 242 g/mol. The van der Waals surface area contributed by atoms with Crippen molar-refractivity contribution in [3.8, 4) is 6.07 Å². The van der Waals surface area contributed by atoms with Gasteiger partial charge in [-0.1, -0.05) is 6.42 Å². The highest BCUT2D eigenvalue weighted by atomic mass is 32.2. The van der Waals surface area contributed by atoms with Gasteiger partial charge in [-0.15, -0.1) is 0 Å². The van der Waals surface area contributed by atoms with Crippen molar-refractivity contribution in [1.29, 1.82) is 5.26 Å². The number of nitriles is 1. The lowest BCUT2D eigenvalue weighted by atomic mass is 9.89. The second-order valence-electron chi connectivity index (χ2n) is 5.14. The Kier molecular flexibility index (Phi) is 5.43. The van der Waals surface area contributed by atoms with Gasteiger partial charge in [0.05, 0.1) is 11.5 Å². The van der Waals surface area contributed by atoms with Crippen LogP contribution in [0.5, 0.6) is 0 Å². The second-order valence-corrected chi connectivity index (χ2v) is 6.84. The summed E-state index contributed by atoms with van der Waals surface area (Å²) in [5.74, 6) is 1.67. The average Bonchev–Trinajstić information content (AvgIpc) is 2.27. The van der Waals surface area contributed by atoms with Crippen molar-refractivity contribution in [3.05, 3.63) is 0 Å². The van der Waals surface area contributed by atoms with Crippen LogP contribution in [0.2, 0.25) is 0 Å². The molecule has 1 rings (SSSR count). The van der Waals surface area contributed by atoms with Gasteiger partial charge in [0.15, 0.2) is 0 Å². The standard InChI is InChI=1S/C12H22N2OS/c1-12(2,11-13)5-3-4-6-14-7-9-16(15)10-8-14/h3-10H2,1-2H3. The summed E-state index contributed by atoms with van der Waals surface area (Å²) in [4.78, 5) is 2.39. The van der Waals surface area contributed by atoms with Crippen molar-refractivity contribution in [2.75, 3.05) is 31.1 Å². The Labute approximate surface area is 101 Å². The van der Waals surface area contributed by atoms with Crippen molar-refractivity contribution in [2.45, 2.75) is 33.1 Å². The van der Waals surface area contributed by atoms with Crippen LogP contribution in [0.15, 0.2) is 0 Å². The number of unbranched alkanes of at least 4 members (excludes halogenated alkanes) is 1. The molecule has 1 aliphatic heterocycles. The first-order valence-electron chi connectivity index (χ1n) is 6.02. The number of rotatable bonds is 5. The highest BCUT2D eigenvalue weighted by Gasteiger charge is 2.17. The average molecular weight is 242 g/mol. The van der Waals surface area contributed by atoms with E-state index in [1.54, 1.807) is 0 Å². The Hall–Kier alpha value is -0.400. The zero-order valence-electron chi connectivity index (χ0n) is 10.4. The zero-order chi connectivity index (χ0) is 12.0. The first-order chi connectivity index (χ1) is 7.53. The summed E-state index contributed by atoms with van der Waals surface area (Å²) < 4.78 is 11.2. The fraction of sp³-hybridized carbons (Fsp3) is 0.917. The van der Waals surface area contributed by atoms with Crippen LogP contribution in [0.3, 0.4) is 0 Å². The molecule has 16 heavy (non-hydrogen) atoms. The molecule has 0 aromatic carbocycles. The van der Waals surface area contributed by atoms with Gasteiger partial charge in [0.25, 0.3) is 0 Å². The molecule has 0 radical (unpaired) electrons. The van der Waals surface area contributed by atoms with Gasteiger partial charge < -0.3 is 4.90 Å². The van der Waals surface area contributed by atoms with Crippen molar-refractivity contribution < 1.29 is 4.21 Å². The minimum atomic E-state index is -0.568. The fourth-order valence-corrected chi connectivity index (χ4v) is 2.99. The molecule has 4 heteroatoms. The largest absolute Gasteiger partial charge is 0.302 e. The normalized spacial score (nSPS) is 19.6. The number of hydrogen-bond acceptors (Lipinski definition) is 3. The van der Waals surface area contributed by atoms with E-state index in [1.165, 1.54) is 0 Å². The van der Waals surface area contributed by atoms with Gasteiger partial charge in [-0.3, -0.25) is 4.21 Å². The fourth-order valence-electron chi connectivity index (χ4n) is 1.86. The van der Waals surface area contributed by atoms with Crippen LogP contribution in [-0.2, 0) is 10.8 Å². The van der Waals surface area contributed by atoms with E-state index in [4.69, 9.17) is 5.26 Å². The van der Waals surface area contributed by atoms with Crippen LogP contribution in [0.1, 0.15) is 33.1 Å². The van der Waals surface area contributed by atoms with E-state index in [0.717, 1.165) is 50.4 Å². The Balaban J connectivity index is 2.08. The Morgan fingerprint density at radius 3 is 2.50 bits per heavy atom. The first-order valence-corrected chi connectivity index (χ1v) is 7.51. The Bertz CT molecular complexity index is 273. The molecule has 0 N–H and O–H groups in total. The lowest BCUT2D eigenvalue weighted by molar-refractivity contribution is 0.285. The number of hydrogen-bond donors (Lipinski definition) is 0. The minimum absolute atomic E-state index is 0.177. The van der Waals surface area contributed by atoms with Crippen LogP contribution < -0.4 is 0 Å². The molecular weight excluding hydrogens is 220 g/mol. The van der Waals surface area contributed by atoms with E-state index in [2.05, 4.69) is 11.0 Å². The molecule has 0 saturated carbocycles. The van der Waals surface area contributed by atoms with Crippen molar-refractivity contribution in [1.82, 2.24) is 4.90 Å². The summed E-state index contributed by atoms with van der Waals surface area (Å²) in [7, 11) is -0.568. The SMILES string of the molecule is CC(C)(C#N)CCCCN1CCS(=O)CC1. The van der Waals surface area contributed by atoms with E-state index in [-0.39, 0.29) is 5.41 Å². The molecule has 0 atom stereocenters. The molecule has 0 aromatic heterocycles. The van der Waals surface area contributed by atoms with E-state index in [1.807, 2.05) is 13.8 Å². The van der Waals surface area contributed by atoms with Gasteiger partial charge in [-0.05, 0) is 33.2 Å². The lowest BCUT2D eigenvalue weighted by Gasteiger charge is -2.26. The van der Waals surface area contributed by atoms with E-state index in [0.29, 0.717) is 0 Å². The van der Waals surface area contributed by atoms with Crippen LogP contribution >= 0.6 is 0 Å². The van der Waals surface area contributed by atoms with Gasteiger partial charge in [-0.25, -0.2) is 0 Å². The summed E-state index contributed by atoms with van der Waals surface area (Å²) in [6.45, 7) is 7.05. The van der Waals surface area contributed by atoms with Gasteiger partial charge in [0.2, 0.25) is 0 Å². The highest BCUT2D eigenvalue weighted by Crippen LogP contribution is 2.21. The third-order valence-electron chi connectivity index (χ3n) is 3.10. The van der Waals surface area contributed by atoms with Crippen molar-refractivity contribution in [3.63, 3.8) is 0 Å². The van der Waals surface area contributed by atoms with E-state index >= 15 is 0 Å². The lowest BCUT2D eigenvalue weighted by Crippen LogP contribution is -2.38. The maximum Gasteiger partial charge on any atom is 0.0683 e. The molecular formula is C12H22N2OS. The predicted octanol–water partition coefficient (Wildman–Crippen LogP) is 1.77. The molecule has 0 aromatic rings. The Morgan fingerprint density at radius 2 is 1.94 bits per heavy atom. The van der Waals surface area contributed by atoms with Crippen molar-refractivity contribution >= 4 is 10.8 Å². The summed E-state index contributed by atoms with van der Waals surface area (Å²) in [6, 6.07) is 2.33. The van der Waals surface area contributed by atoms with Gasteiger partial charge in [-0.2, -0.15) is 5.26 Å². The minimum Gasteiger partial charge on any atom is -0.302 e. The summed E-state index contributed by atoms with van der Waals surface area (Å²) in [6.07, 6.45) is 3.24. The number of nitrogens with zero attached hydrogens (tertiary/aromatic N) is 2. The zero-order valence-corrected chi connectivity index (χ0v) is 11.2. The van der Waals surface area contributed by atoms with Gasteiger partial charge >= 0.3 is 0 Å². The molecule has 0 bridgehead atoms. The first kappa shape index (κ1) is 13.7. The predicted molar refractivity (Wildman–Crippen MR) is 67.6 cm³/mol. The van der Waals surface area contributed by atoms with Gasteiger partial charge in [0.1, 0.15) is 0 Å². The maximum absolute atomic E-state index is 11.2. The van der Waals surface area contributed by atoms with Crippen LogP contribution in [0, 0.1) is 16.7 Å². The maximum atomic E-state index is 11.2. The summed E-state index contributed by atoms with van der Waals surface area (Å²) in [5.41, 5.74) is -0.177. The topological polar surface area (TPSA) is 44.1 Å². The molecule has 92 valence electrons. The summed E-state index contributed by atoms with van der Waals surface area (Å²) in [5, 5.41) is 8.88. The summed E-state index contributed by atoms with van der Waals surface area (Å²) >= 11 is 0. The van der Waals surface area contributed by atoms with Crippen LogP contribution in [0.4, 0.5) is 0 Å². The molecule has 0 aliphatic carbocycles. The third-order valence-corrected chi connectivity index (χ3v) is 4.37. The second kappa shape index (κ2) is 6.36. The molecule has 1 saturated heterocycles. The Morgan fingerprint density at radius 1 is 1.31 bits per heavy atom. The molecule has 0 unspecified atom stereocenters. The molecule has 0 spiro atoms. The molecule has 1 heterocycles. The van der Waals surface area contributed by atoms with E-state index < -0.39 is 10.8 Å². The third kappa shape index (κ3) is 5.09. The van der Waals surface area contributed by atoms with Crippen LogP contribution in [0.25, 0.3) is 0 Å². The van der Waals surface area contributed by atoms with E-state index in [9.17, 15) is 4.21 Å². The molecule has 3 nitrogen and oxygen atoms in total. The molecule has 1 fully saturated rings. The van der Waals surface area contributed by atoms with Crippen LogP contribution in [-0.4, -0.2) is 40.2 Å². The van der Waals surface area contributed by atoms with Gasteiger partial charge in [0, 0.05) is 35.4 Å².